The van der Waals surface area contributed by atoms with Crippen LogP contribution in [0.15, 0.2) is 12.5 Å². The molecule has 0 aromatic carbocycles. The summed E-state index contributed by atoms with van der Waals surface area (Å²) in [6.45, 7) is 2.52. The first-order chi connectivity index (χ1) is 8.31. The maximum absolute atomic E-state index is 12.0. The van der Waals surface area contributed by atoms with Crippen LogP contribution in [0.2, 0.25) is 0 Å². The number of piperidine rings is 1. The number of aromatic nitrogens is 2. The minimum atomic E-state index is 0.249. The van der Waals surface area contributed by atoms with E-state index in [-0.39, 0.29) is 5.91 Å². The van der Waals surface area contributed by atoms with Gasteiger partial charge >= 0.3 is 0 Å². The number of rotatable bonds is 4. The first kappa shape index (κ1) is 12.4. The third-order valence-electron chi connectivity index (χ3n) is 3.21. The molecule has 1 saturated heterocycles. The molecule has 0 radical (unpaired) electrons. The fraction of sp³-hybridized carbons (Fsp3) is 0.667. The van der Waals surface area contributed by atoms with Crippen LogP contribution in [-0.4, -0.2) is 33.4 Å². The van der Waals surface area contributed by atoms with Gasteiger partial charge in [0.2, 0.25) is 5.91 Å². The highest BCUT2D eigenvalue weighted by Crippen LogP contribution is 2.11. The minimum absolute atomic E-state index is 0.249. The topological polar surface area (TPSA) is 38.1 Å². The number of aryl methyl sites for hydroxylation is 1. The van der Waals surface area contributed by atoms with Crippen molar-refractivity contribution in [3.05, 3.63) is 18.2 Å². The van der Waals surface area contributed by atoms with Crippen LogP contribution in [-0.2, 0) is 17.2 Å². The summed E-state index contributed by atoms with van der Waals surface area (Å²) in [7, 11) is 0. The molecular formula is C12H18ClN3O. The van der Waals surface area contributed by atoms with Crippen molar-refractivity contribution in [1.29, 1.82) is 0 Å². The highest BCUT2D eigenvalue weighted by atomic mass is 35.5. The van der Waals surface area contributed by atoms with E-state index in [1.54, 1.807) is 12.5 Å². The minimum Gasteiger partial charge on any atom is -0.343 e. The molecule has 94 valence electrons. The largest absolute Gasteiger partial charge is 0.343 e. The number of likely N-dealkylation sites (tertiary alicyclic amines) is 1. The summed E-state index contributed by atoms with van der Waals surface area (Å²) in [4.78, 5) is 18.0. The van der Waals surface area contributed by atoms with Crippen LogP contribution in [0, 0.1) is 0 Å². The summed E-state index contributed by atoms with van der Waals surface area (Å²) >= 11 is 5.78. The van der Waals surface area contributed by atoms with E-state index in [2.05, 4.69) is 4.98 Å². The van der Waals surface area contributed by atoms with E-state index in [4.69, 9.17) is 11.6 Å². The number of hydrogen-bond donors (Lipinski definition) is 0. The Morgan fingerprint density at radius 2 is 2.12 bits per heavy atom. The van der Waals surface area contributed by atoms with Gasteiger partial charge in [-0.15, -0.1) is 11.6 Å². The summed E-state index contributed by atoms with van der Waals surface area (Å²) in [5.41, 5.74) is 0.970. The maximum atomic E-state index is 12.0. The van der Waals surface area contributed by atoms with Crippen LogP contribution >= 0.6 is 11.6 Å². The van der Waals surface area contributed by atoms with E-state index < -0.39 is 0 Å². The van der Waals surface area contributed by atoms with Crippen molar-refractivity contribution in [3.8, 4) is 0 Å². The lowest BCUT2D eigenvalue weighted by Crippen LogP contribution is -2.36. The smallest absolute Gasteiger partial charge is 0.224 e. The van der Waals surface area contributed by atoms with Gasteiger partial charge in [0.15, 0.2) is 0 Å². The fourth-order valence-corrected chi connectivity index (χ4v) is 2.40. The van der Waals surface area contributed by atoms with Gasteiger partial charge in [-0.2, -0.15) is 0 Å². The molecule has 2 rings (SSSR count). The molecule has 1 fully saturated rings. The third kappa shape index (κ3) is 3.22. The van der Waals surface area contributed by atoms with Gasteiger partial charge in [0, 0.05) is 32.3 Å². The van der Waals surface area contributed by atoms with Crippen LogP contribution in [0.4, 0.5) is 0 Å². The zero-order chi connectivity index (χ0) is 12.1. The molecule has 1 aliphatic heterocycles. The van der Waals surface area contributed by atoms with Crippen molar-refractivity contribution in [1.82, 2.24) is 14.5 Å². The number of carbonyl (C=O) groups is 1. The van der Waals surface area contributed by atoms with E-state index in [1.807, 2.05) is 9.47 Å². The Hall–Kier alpha value is -1.03. The number of imidazole rings is 1. The number of alkyl halides is 1. The Balaban J connectivity index is 1.83. The SMILES string of the molecule is O=C(CCn1cncc1CCl)N1CCCCC1. The monoisotopic (exact) mass is 255 g/mol. The van der Waals surface area contributed by atoms with Crippen molar-refractivity contribution < 1.29 is 4.79 Å². The summed E-state index contributed by atoms with van der Waals surface area (Å²) in [5.74, 6) is 0.691. The van der Waals surface area contributed by atoms with Crippen LogP contribution < -0.4 is 0 Å². The molecule has 0 atom stereocenters. The molecule has 0 spiro atoms. The Bertz CT molecular complexity index is 372. The van der Waals surface area contributed by atoms with E-state index >= 15 is 0 Å². The van der Waals surface area contributed by atoms with Crippen LogP contribution in [0.25, 0.3) is 0 Å². The Morgan fingerprint density at radius 1 is 1.35 bits per heavy atom. The van der Waals surface area contributed by atoms with Gasteiger partial charge < -0.3 is 9.47 Å². The second-order valence-corrected chi connectivity index (χ2v) is 4.67. The zero-order valence-corrected chi connectivity index (χ0v) is 10.7. The second kappa shape index (κ2) is 6.05. The van der Waals surface area contributed by atoms with E-state index in [0.717, 1.165) is 31.6 Å². The highest BCUT2D eigenvalue weighted by Gasteiger charge is 2.16. The van der Waals surface area contributed by atoms with Crippen LogP contribution in [0.5, 0.6) is 0 Å². The Morgan fingerprint density at radius 3 is 2.82 bits per heavy atom. The van der Waals surface area contributed by atoms with Crippen molar-refractivity contribution in [3.63, 3.8) is 0 Å². The van der Waals surface area contributed by atoms with Crippen molar-refractivity contribution in [2.24, 2.45) is 0 Å². The molecule has 0 N–H and O–H groups in total. The van der Waals surface area contributed by atoms with Crippen molar-refractivity contribution in [2.75, 3.05) is 13.1 Å². The molecule has 0 saturated carbocycles. The van der Waals surface area contributed by atoms with E-state index in [9.17, 15) is 4.79 Å². The highest BCUT2D eigenvalue weighted by molar-refractivity contribution is 6.16. The van der Waals surface area contributed by atoms with Crippen LogP contribution in [0.3, 0.4) is 0 Å². The fourth-order valence-electron chi connectivity index (χ4n) is 2.18. The molecule has 17 heavy (non-hydrogen) atoms. The molecule has 1 aromatic rings. The predicted octanol–water partition coefficient (Wildman–Crippen LogP) is 2.02. The van der Waals surface area contributed by atoms with Gasteiger partial charge in [-0.1, -0.05) is 0 Å². The van der Waals surface area contributed by atoms with Crippen molar-refractivity contribution in [2.45, 2.75) is 38.1 Å². The Kier molecular flexibility index (Phi) is 4.42. The molecular weight excluding hydrogens is 238 g/mol. The normalized spacial score (nSPS) is 16.2. The summed E-state index contributed by atoms with van der Waals surface area (Å²) in [6.07, 6.45) is 7.56. The van der Waals surface area contributed by atoms with Crippen molar-refractivity contribution >= 4 is 17.5 Å². The zero-order valence-electron chi connectivity index (χ0n) is 9.94. The van der Waals surface area contributed by atoms with Gasteiger partial charge in [0.05, 0.1) is 17.9 Å². The molecule has 1 amide bonds. The molecule has 1 aliphatic rings. The van der Waals surface area contributed by atoms with Gasteiger partial charge in [-0.3, -0.25) is 4.79 Å². The molecule has 0 unspecified atom stereocenters. The summed E-state index contributed by atoms with van der Waals surface area (Å²) in [5, 5.41) is 0. The van der Waals surface area contributed by atoms with E-state index in [0.29, 0.717) is 18.8 Å². The number of halogens is 1. The number of hydrogen-bond acceptors (Lipinski definition) is 2. The molecule has 5 heteroatoms. The summed E-state index contributed by atoms with van der Waals surface area (Å²) in [6, 6.07) is 0. The maximum Gasteiger partial charge on any atom is 0.224 e. The van der Waals surface area contributed by atoms with Gasteiger partial charge in [0.25, 0.3) is 0 Å². The van der Waals surface area contributed by atoms with E-state index in [1.165, 1.54) is 6.42 Å². The molecule has 4 nitrogen and oxygen atoms in total. The number of amides is 1. The molecule has 2 heterocycles. The lowest BCUT2D eigenvalue weighted by Gasteiger charge is -2.26. The lowest BCUT2D eigenvalue weighted by atomic mass is 10.1. The molecule has 0 bridgehead atoms. The first-order valence-corrected chi connectivity index (χ1v) is 6.67. The Labute approximate surface area is 107 Å². The first-order valence-electron chi connectivity index (χ1n) is 6.14. The average molecular weight is 256 g/mol. The van der Waals surface area contributed by atoms with Crippen LogP contribution in [0.1, 0.15) is 31.4 Å². The number of carbonyl (C=O) groups excluding carboxylic acids is 1. The lowest BCUT2D eigenvalue weighted by molar-refractivity contribution is -0.132. The molecule has 0 aliphatic carbocycles. The third-order valence-corrected chi connectivity index (χ3v) is 3.48. The standard InChI is InChI=1S/C12H18ClN3O/c13-8-11-9-14-10-16(11)7-4-12(17)15-5-2-1-3-6-15/h9-10H,1-8H2. The quantitative estimate of drug-likeness (QED) is 0.772. The van der Waals surface area contributed by atoms with Gasteiger partial charge in [0.1, 0.15) is 0 Å². The summed E-state index contributed by atoms with van der Waals surface area (Å²) < 4.78 is 1.95. The van der Waals surface area contributed by atoms with Gasteiger partial charge in [-0.25, -0.2) is 4.98 Å². The average Bonchev–Trinajstić information content (AvgIpc) is 2.84. The predicted molar refractivity (Wildman–Crippen MR) is 66.8 cm³/mol. The molecule has 1 aromatic heterocycles. The van der Waals surface area contributed by atoms with Gasteiger partial charge in [-0.05, 0) is 19.3 Å². The second-order valence-electron chi connectivity index (χ2n) is 4.40. The number of nitrogens with zero attached hydrogens (tertiary/aromatic N) is 3.